The molecular formula is C17H30ClN3O2S. The van der Waals surface area contributed by atoms with E-state index in [9.17, 15) is 9.59 Å². The first-order chi connectivity index (χ1) is 11.2. The van der Waals surface area contributed by atoms with Crippen molar-refractivity contribution in [3.05, 3.63) is 0 Å². The van der Waals surface area contributed by atoms with Gasteiger partial charge in [-0.15, -0.1) is 24.2 Å². The van der Waals surface area contributed by atoms with E-state index in [-0.39, 0.29) is 30.3 Å². The van der Waals surface area contributed by atoms with Crippen LogP contribution >= 0.6 is 24.2 Å². The SMILES string of the molecule is CCCC(=O)N1CSCC1C(=O)N1CCC(NCC2CC2)CC1.Cl. The van der Waals surface area contributed by atoms with Gasteiger partial charge in [0, 0.05) is 31.3 Å². The normalized spacial score (nSPS) is 24.8. The third-order valence-corrected chi connectivity index (χ3v) is 6.16. The minimum Gasteiger partial charge on any atom is -0.341 e. The molecule has 0 aromatic carbocycles. The molecule has 0 bridgehead atoms. The highest BCUT2D eigenvalue weighted by atomic mass is 35.5. The molecule has 3 rings (SSSR count). The number of rotatable bonds is 6. The lowest BCUT2D eigenvalue weighted by Crippen LogP contribution is -2.52. The molecule has 2 heterocycles. The molecule has 1 atom stereocenters. The van der Waals surface area contributed by atoms with Gasteiger partial charge in [0.1, 0.15) is 6.04 Å². The molecule has 1 N–H and O–H groups in total. The minimum atomic E-state index is -0.227. The van der Waals surface area contributed by atoms with Crippen molar-refractivity contribution in [3.8, 4) is 0 Å². The first-order valence-electron chi connectivity index (χ1n) is 9.08. The topological polar surface area (TPSA) is 52.7 Å². The molecule has 0 radical (unpaired) electrons. The monoisotopic (exact) mass is 375 g/mol. The first-order valence-corrected chi connectivity index (χ1v) is 10.2. The molecule has 1 saturated carbocycles. The minimum absolute atomic E-state index is 0. The quantitative estimate of drug-likeness (QED) is 0.772. The largest absolute Gasteiger partial charge is 0.341 e. The molecule has 2 amide bonds. The van der Waals surface area contributed by atoms with Crippen LogP contribution in [0.25, 0.3) is 0 Å². The van der Waals surface area contributed by atoms with Gasteiger partial charge in [0.05, 0.1) is 5.88 Å². The molecule has 1 unspecified atom stereocenters. The van der Waals surface area contributed by atoms with Crippen molar-refractivity contribution in [3.63, 3.8) is 0 Å². The molecule has 0 aromatic heterocycles. The van der Waals surface area contributed by atoms with Crippen molar-refractivity contribution in [2.75, 3.05) is 31.3 Å². The van der Waals surface area contributed by atoms with E-state index in [1.165, 1.54) is 12.8 Å². The molecule has 5 nitrogen and oxygen atoms in total. The zero-order valence-corrected chi connectivity index (χ0v) is 16.2. The van der Waals surface area contributed by atoms with Gasteiger partial charge >= 0.3 is 0 Å². The molecule has 2 saturated heterocycles. The van der Waals surface area contributed by atoms with Crippen molar-refractivity contribution < 1.29 is 9.59 Å². The van der Waals surface area contributed by atoms with E-state index >= 15 is 0 Å². The van der Waals surface area contributed by atoms with Gasteiger partial charge in [0.25, 0.3) is 0 Å². The number of hydrogen-bond donors (Lipinski definition) is 1. The summed E-state index contributed by atoms with van der Waals surface area (Å²) < 4.78 is 0. The summed E-state index contributed by atoms with van der Waals surface area (Å²) in [5, 5.41) is 3.65. The van der Waals surface area contributed by atoms with Gasteiger partial charge in [-0.2, -0.15) is 0 Å². The molecule has 3 fully saturated rings. The van der Waals surface area contributed by atoms with E-state index in [0.717, 1.165) is 50.6 Å². The summed E-state index contributed by atoms with van der Waals surface area (Å²) in [5.41, 5.74) is 0. The highest BCUT2D eigenvalue weighted by molar-refractivity contribution is 7.99. The van der Waals surface area contributed by atoms with Gasteiger partial charge in [-0.1, -0.05) is 6.92 Å². The van der Waals surface area contributed by atoms with Crippen LogP contribution in [-0.2, 0) is 9.59 Å². The lowest BCUT2D eigenvalue weighted by molar-refractivity contribution is -0.144. The molecule has 1 aliphatic carbocycles. The molecule has 0 spiro atoms. The highest BCUT2D eigenvalue weighted by Gasteiger charge is 2.37. The number of hydrogen-bond acceptors (Lipinski definition) is 4. The van der Waals surface area contributed by atoms with Crippen LogP contribution in [0.5, 0.6) is 0 Å². The van der Waals surface area contributed by atoms with Crippen LogP contribution < -0.4 is 5.32 Å². The van der Waals surface area contributed by atoms with Gasteiger partial charge in [-0.3, -0.25) is 9.59 Å². The first kappa shape index (κ1) is 19.9. The van der Waals surface area contributed by atoms with E-state index in [2.05, 4.69) is 5.32 Å². The number of carbonyl (C=O) groups excluding carboxylic acids is 2. The average molecular weight is 376 g/mol. The van der Waals surface area contributed by atoms with Crippen molar-refractivity contribution >= 4 is 36.0 Å². The Hall–Kier alpha value is -0.460. The Bertz CT molecular complexity index is 440. The molecule has 2 aliphatic heterocycles. The van der Waals surface area contributed by atoms with Crippen molar-refractivity contribution in [1.82, 2.24) is 15.1 Å². The fourth-order valence-electron chi connectivity index (χ4n) is 3.42. The molecular weight excluding hydrogens is 346 g/mol. The molecule has 138 valence electrons. The molecule has 7 heteroatoms. The van der Waals surface area contributed by atoms with Crippen LogP contribution in [0.1, 0.15) is 45.4 Å². The van der Waals surface area contributed by atoms with Gasteiger partial charge in [0.15, 0.2) is 0 Å². The second-order valence-corrected chi connectivity index (χ2v) is 8.08. The number of nitrogens with one attached hydrogen (secondary N) is 1. The van der Waals surface area contributed by atoms with E-state index in [0.29, 0.717) is 18.3 Å². The summed E-state index contributed by atoms with van der Waals surface area (Å²) in [5.74, 6) is 2.64. The van der Waals surface area contributed by atoms with Crippen LogP contribution in [0.4, 0.5) is 0 Å². The van der Waals surface area contributed by atoms with Gasteiger partial charge in [0.2, 0.25) is 11.8 Å². The number of amides is 2. The zero-order valence-electron chi connectivity index (χ0n) is 14.5. The highest BCUT2D eigenvalue weighted by Crippen LogP contribution is 2.28. The lowest BCUT2D eigenvalue weighted by Gasteiger charge is -2.35. The Morgan fingerprint density at radius 3 is 2.50 bits per heavy atom. The Balaban J connectivity index is 0.00000208. The second kappa shape index (κ2) is 9.30. The van der Waals surface area contributed by atoms with Gasteiger partial charge in [-0.05, 0) is 44.6 Å². The van der Waals surface area contributed by atoms with Crippen LogP contribution in [0, 0.1) is 5.92 Å². The summed E-state index contributed by atoms with van der Waals surface area (Å²) in [7, 11) is 0. The number of carbonyl (C=O) groups is 2. The number of halogens is 1. The summed E-state index contributed by atoms with van der Waals surface area (Å²) in [6.45, 7) is 4.82. The van der Waals surface area contributed by atoms with Crippen molar-refractivity contribution in [2.45, 2.75) is 57.5 Å². The number of thioether (sulfide) groups is 1. The molecule has 0 aromatic rings. The number of nitrogens with zero attached hydrogens (tertiary/aromatic N) is 2. The summed E-state index contributed by atoms with van der Waals surface area (Å²) >= 11 is 1.70. The van der Waals surface area contributed by atoms with E-state index in [1.807, 2.05) is 11.8 Å². The third kappa shape index (κ3) is 5.02. The Morgan fingerprint density at radius 1 is 1.17 bits per heavy atom. The lowest BCUT2D eigenvalue weighted by atomic mass is 10.0. The van der Waals surface area contributed by atoms with Gasteiger partial charge < -0.3 is 15.1 Å². The maximum absolute atomic E-state index is 12.8. The fourth-order valence-corrected chi connectivity index (χ4v) is 4.59. The van der Waals surface area contributed by atoms with Crippen LogP contribution in [0.15, 0.2) is 0 Å². The Morgan fingerprint density at radius 2 is 1.88 bits per heavy atom. The van der Waals surface area contributed by atoms with Crippen LogP contribution in [-0.4, -0.2) is 65.0 Å². The average Bonchev–Trinajstić information content (AvgIpc) is 3.27. The predicted molar refractivity (Wildman–Crippen MR) is 100 cm³/mol. The van der Waals surface area contributed by atoms with E-state index < -0.39 is 0 Å². The standard InChI is InChI=1S/C17H29N3O2S.ClH/c1-2-3-16(21)20-12-23-11-15(20)17(22)19-8-6-14(7-9-19)18-10-13-4-5-13;/h13-15,18H,2-12H2,1H3;1H. The third-order valence-electron chi connectivity index (χ3n) is 5.15. The predicted octanol–water partition coefficient (Wildman–Crippen LogP) is 2.10. The smallest absolute Gasteiger partial charge is 0.246 e. The summed E-state index contributed by atoms with van der Waals surface area (Å²) in [4.78, 5) is 28.8. The Labute approximate surface area is 155 Å². The number of piperidine rings is 1. The second-order valence-electron chi connectivity index (χ2n) is 7.08. The van der Waals surface area contributed by atoms with E-state index in [4.69, 9.17) is 0 Å². The molecule has 24 heavy (non-hydrogen) atoms. The zero-order chi connectivity index (χ0) is 16.2. The van der Waals surface area contributed by atoms with E-state index in [1.54, 1.807) is 16.7 Å². The fraction of sp³-hybridized carbons (Fsp3) is 0.882. The number of likely N-dealkylation sites (tertiary alicyclic amines) is 1. The maximum atomic E-state index is 12.8. The van der Waals surface area contributed by atoms with Gasteiger partial charge in [-0.25, -0.2) is 0 Å². The maximum Gasteiger partial charge on any atom is 0.246 e. The Kier molecular flexibility index (Phi) is 7.69. The summed E-state index contributed by atoms with van der Waals surface area (Å²) in [6, 6.07) is 0.338. The van der Waals surface area contributed by atoms with Crippen LogP contribution in [0.2, 0.25) is 0 Å². The van der Waals surface area contributed by atoms with Crippen molar-refractivity contribution in [2.24, 2.45) is 5.92 Å². The molecule has 3 aliphatic rings. The van der Waals surface area contributed by atoms with Crippen LogP contribution in [0.3, 0.4) is 0 Å². The summed E-state index contributed by atoms with van der Waals surface area (Å²) in [6.07, 6.45) is 6.25. The van der Waals surface area contributed by atoms with Crippen molar-refractivity contribution in [1.29, 1.82) is 0 Å².